The van der Waals surface area contributed by atoms with Gasteiger partial charge in [-0.3, -0.25) is 9.69 Å². The maximum Gasteiger partial charge on any atom is 0.180 e. The zero-order valence-electron chi connectivity index (χ0n) is 14.8. The second-order valence-corrected chi connectivity index (χ2v) is 7.50. The molecule has 0 saturated carbocycles. The van der Waals surface area contributed by atoms with E-state index in [9.17, 15) is 4.79 Å². The minimum Gasteiger partial charge on any atom is -0.293 e. The summed E-state index contributed by atoms with van der Waals surface area (Å²) >= 11 is 3.43. The van der Waals surface area contributed by atoms with E-state index in [2.05, 4.69) is 44.1 Å². The summed E-state index contributed by atoms with van der Waals surface area (Å²) in [5.74, 6) is 0.101. The van der Waals surface area contributed by atoms with Crippen molar-refractivity contribution in [3.8, 4) is 11.8 Å². The first-order valence-corrected chi connectivity index (χ1v) is 9.44. The molecule has 1 aliphatic rings. The number of carbonyl (C=O) groups excluding carboxylic acids is 1. The summed E-state index contributed by atoms with van der Waals surface area (Å²) in [6.45, 7) is 3.63. The molecule has 0 fully saturated rings. The van der Waals surface area contributed by atoms with Gasteiger partial charge in [-0.2, -0.15) is 10.4 Å². The Balaban J connectivity index is 1.72. The summed E-state index contributed by atoms with van der Waals surface area (Å²) < 4.78 is 2.54. The molecule has 1 aromatic heterocycles. The van der Waals surface area contributed by atoms with Crippen LogP contribution in [0.4, 0.5) is 0 Å². The highest BCUT2D eigenvalue weighted by molar-refractivity contribution is 9.10. The van der Waals surface area contributed by atoms with Crippen molar-refractivity contribution < 1.29 is 4.79 Å². The highest BCUT2D eigenvalue weighted by Gasteiger charge is 2.30. The van der Waals surface area contributed by atoms with Gasteiger partial charge >= 0.3 is 0 Å². The number of benzene rings is 2. The number of hydrogen-bond acceptors (Lipinski definition) is 4. The first kappa shape index (κ1) is 17.7. The lowest BCUT2D eigenvalue weighted by molar-refractivity contribution is 0.0891. The lowest BCUT2D eigenvalue weighted by Crippen LogP contribution is -2.35. The molecule has 0 unspecified atom stereocenters. The van der Waals surface area contributed by atoms with Gasteiger partial charge in [0.05, 0.1) is 34.7 Å². The van der Waals surface area contributed by atoms with Crippen molar-refractivity contribution in [1.29, 1.82) is 5.26 Å². The normalized spacial score (nSPS) is 14.0. The molecule has 134 valence electrons. The van der Waals surface area contributed by atoms with Crippen LogP contribution >= 0.6 is 15.9 Å². The van der Waals surface area contributed by atoms with Crippen LogP contribution in [0.2, 0.25) is 0 Å². The van der Waals surface area contributed by atoms with Gasteiger partial charge in [0.2, 0.25) is 0 Å². The lowest BCUT2D eigenvalue weighted by atomic mass is 10.0. The van der Waals surface area contributed by atoms with Gasteiger partial charge in [0.1, 0.15) is 6.07 Å². The minimum atomic E-state index is 0.101. The van der Waals surface area contributed by atoms with E-state index >= 15 is 0 Å². The molecule has 2 aromatic carbocycles. The zero-order chi connectivity index (χ0) is 19.0. The Bertz CT molecular complexity index is 1070. The molecule has 0 amide bonds. The summed E-state index contributed by atoms with van der Waals surface area (Å²) in [6, 6.07) is 17.8. The third kappa shape index (κ3) is 3.32. The molecule has 27 heavy (non-hydrogen) atoms. The van der Waals surface area contributed by atoms with Crippen LogP contribution in [0.25, 0.3) is 5.69 Å². The van der Waals surface area contributed by atoms with E-state index in [1.54, 1.807) is 6.07 Å². The molecule has 3 aromatic rings. The number of aryl methyl sites for hydroxylation is 1. The lowest BCUT2D eigenvalue weighted by Gasteiger charge is -2.27. The van der Waals surface area contributed by atoms with Crippen molar-refractivity contribution in [2.75, 3.05) is 6.54 Å². The van der Waals surface area contributed by atoms with Crippen LogP contribution in [-0.2, 0) is 13.1 Å². The monoisotopic (exact) mass is 420 g/mol. The Kier molecular flexibility index (Phi) is 4.65. The number of nitrogens with zero attached hydrogens (tertiary/aromatic N) is 4. The van der Waals surface area contributed by atoms with Crippen LogP contribution in [0.1, 0.15) is 32.9 Å². The van der Waals surface area contributed by atoms with Crippen molar-refractivity contribution in [1.82, 2.24) is 14.7 Å². The number of carbonyl (C=O) groups is 1. The second-order valence-electron chi connectivity index (χ2n) is 6.65. The first-order valence-electron chi connectivity index (χ1n) is 8.65. The fourth-order valence-corrected chi connectivity index (χ4v) is 3.98. The van der Waals surface area contributed by atoms with Gasteiger partial charge in [-0.05, 0) is 46.6 Å². The summed E-state index contributed by atoms with van der Waals surface area (Å²) in [5.41, 5.74) is 4.95. The van der Waals surface area contributed by atoms with Crippen LogP contribution < -0.4 is 0 Å². The number of halogens is 1. The first-order chi connectivity index (χ1) is 13.1. The maximum atomic E-state index is 12.8. The zero-order valence-corrected chi connectivity index (χ0v) is 16.4. The molecule has 0 saturated heterocycles. The van der Waals surface area contributed by atoms with E-state index in [0.29, 0.717) is 29.7 Å². The average molecular weight is 421 g/mol. The molecular weight excluding hydrogens is 404 g/mol. The molecule has 0 radical (unpaired) electrons. The Morgan fingerprint density at radius 3 is 2.67 bits per heavy atom. The van der Waals surface area contributed by atoms with Crippen LogP contribution in [-0.4, -0.2) is 27.0 Å². The van der Waals surface area contributed by atoms with Crippen LogP contribution in [0, 0.1) is 18.3 Å². The van der Waals surface area contributed by atoms with Crippen molar-refractivity contribution in [2.24, 2.45) is 0 Å². The summed E-state index contributed by atoms with van der Waals surface area (Å²) in [6.07, 6.45) is 0. The van der Waals surface area contributed by atoms with Crippen molar-refractivity contribution in [2.45, 2.75) is 20.0 Å². The minimum absolute atomic E-state index is 0.101. The Morgan fingerprint density at radius 2 is 1.96 bits per heavy atom. The molecule has 4 rings (SSSR count). The third-order valence-electron chi connectivity index (χ3n) is 4.74. The van der Waals surface area contributed by atoms with Gasteiger partial charge in [-0.25, -0.2) is 4.68 Å². The Morgan fingerprint density at radius 1 is 1.19 bits per heavy atom. The highest BCUT2D eigenvalue weighted by atomic mass is 79.9. The molecule has 0 N–H and O–H groups in total. The van der Waals surface area contributed by atoms with Gasteiger partial charge in [0, 0.05) is 17.6 Å². The highest BCUT2D eigenvalue weighted by Crippen LogP contribution is 2.28. The Hall–Kier alpha value is -2.75. The summed E-state index contributed by atoms with van der Waals surface area (Å²) in [4.78, 5) is 14.9. The van der Waals surface area contributed by atoms with E-state index < -0.39 is 0 Å². The fraction of sp³-hybridized carbons (Fsp3) is 0.190. The van der Waals surface area contributed by atoms with Crippen molar-refractivity contribution >= 4 is 21.7 Å². The van der Waals surface area contributed by atoms with Crippen LogP contribution in [0.15, 0.2) is 53.0 Å². The molecule has 5 nitrogen and oxygen atoms in total. The van der Waals surface area contributed by atoms with Crippen LogP contribution in [0.5, 0.6) is 0 Å². The SMILES string of the molecule is Cc1nn(-c2ccc(C#N)c(Br)c2)c2c1C(=O)CN(Cc1ccccc1)C2. The number of rotatable bonds is 3. The van der Waals surface area contributed by atoms with Crippen molar-refractivity contribution in [3.63, 3.8) is 0 Å². The topological polar surface area (TPSA) is 61.9 Å². The molecule has 6 heteroatoms. The number of fused-ring (bicyclic) bond motifs is 1. The van der Waals surface area contributed by atoms with Gasteiger partial charge in [-0.1, -0.05) is 30.3 Å². The van der Waals surface area contributed by atoms with E-state index in [1.807, 2.05) is 41.9 Å². The molecule has 2 heterocycles. The van der Waals surface area contributed by atoms with Crippen molar-refractivity contribution in [3.05, 3.63) is 81.1 Å². The van der Waals surface area contributed by atoms with E-state index in [4.69, 9.17) is 5.26 Å². The smallest absolute Gasteiger partial charge is 0.180 e. The molecule has 0 spiro atoms. The predicted molar refractivity (Wildman–Crippen MR) is 106 cm³/mol. The molecular formula is C21H17BrN4O. The largest absolute Gasteiger partial charge is 0.293 e. The molecule has 1 aliphatic heterocycles. The quantitative estimate of drug-likeness (QED) is 0.641. The summed E-state index contributed by atoms with van der Waals surface area (Å²) in [5, 5.41) is 13.7. The predicted octanol–water partition coefficient (Wildman–Crippen LogP) is 4.01. The molecule has 0 aliphatic carbocycles. The number of hydrogen-bond donors (Lipinski definition) is 0. The third-order valence-corrected chi connectivity index (χ3v) is 5.40. The van der Waals surface area contributed by atoms with Gasteiger partial charge in [-0.15, -0.1) is 0 Å². The van der Waals surface area contributed by atoms with Gasteiger partial charge in [0.15, 0.2) is 5.78 Å². The maximum absolute atomic E-state index is 12.8. The molecule has 0 bridgehead atoms. The van der Waals surface area contributed by atoms with E-state index in [1.165, 1.54) is 5.56 Å². The standard InChI is InChI=1S/C21H17BrN4O/c1-14-21-19(26(24-14)17-8-7-16(10-23)18(22)9-17)12-25(13-20(21)27)11-15-5-3-2-4-6-15/h2-9H,11-13H2,1H3. The average Bonchev–Trinajstić information content (AvgIpc) is 2.99. The van der Waals surface area contributed by atoms with Gasteiger partial charge in [0.25, 0.3) is 0 Å². The van der Waals surface area contributed by atoms with Gasteiger partial charge < -0.3 is 0 Å². The van der Waals surface area contributed by atoms with E-state index in [0.717, 1.165) is 22.6 Å². The Labute approximate surface area is 166 Å². The number of Topliss-reactive ketones (excluding diaryl/α,β-unsaturated/α-hetero) is 1. The second kappa shape index (κ2) is 7.10. The molecule has 0 atom stereocenters. The number of aromatic nitrogens is 2. The number of ketones is 1. The van der Waals surface area contributed by atoms with E-state index in [-0.39, 0.29) is 5.78 Å². The fourth-order valence-electron chi connectivity index (χ4n) is 3.53. The summed E-state index contributed by atoms with van der Waals surface area (Å²) in [7, 11) is 0. The van der Waals surface area contributed by atoms with Crippen LogP contribution in [0.3, 0.4) is 0 Å². The number of nitriles is 1.